The quantitative estimate of drug-likeness (QED) is 0.673. The third kappa shape index (κ3) is 3.34. The molecule has 21 heavy (non-hydrogen) atoms. The van der Waals surface area contributed by atoms with Gasteiger partial charge in [0.25, 0.3) is 5.69 Å². The summed E-state index contributed by atoms with van der Waals surface area (Å²) in [4.78, 5) is 28.7. The number of benzene rings is 1. The Bertz CT molecular complexity index is 698. The van der Waals surface area contributed by atoms with Crippen molar-refractivity contribution in [2.24, 2.45) is 5.73 Å². The lowest BCUT2D eigenvalue weighted by molar-refractivity contribution is -0.384. The summed E-state index contributed by atoms with van der Waals surface area (Å²) in [7, 11) is 1.75. The van der Waals surface area contributed by atoms with Gasteiger partial charge in [-0.05, 0) is 19.1 Å². The number of carbonyl (C=O) groups excluding carboxylic acids is 1. The van der Waals surface area contributed by atoms with Crippen molar-refractivity contribution in [3.05, 3.63) is 50.0 Å². The van der Waals surface area contributed by atoms with Gasteiger partial charge in [-0.25, -0.2) is 4.98 Å². The van der Waals surface area contributed by atoms with Gasteiger partial charge in [-0.15, -0.1) is 11.3 Å². The minimum atomic E-state index is -0.689. The molecule has 2 N–H and O–H groups in total. The first-order valence-electron chi connectivity index (χ1n) is 6.09. The minimum absolute atomic E-state index is 0.118. The lowest BCUT2D eigenvalue weighted by Crippen LogP contribution is -2.18. The predicted molar refractivity (Wildman–Crippen MR) is 80.6 cm³/mol. The maximum Gasteiger partial charge on any atom is 0.293 e. The lowest BCUT2D eigenvalue weighted by atomic mass is 10.1. The van der Waals surface area contributed by atoms with E-state index in [1.54, 1.807) is 18.1 Å². The number of carbonyl (C=O) groups is 1. The number of aromatic nitrogens is 1. The lowest BCUT2D eigenvalue weighted by Gasteiger charge is -2.18. The molecule has 0 aliphatic heterocycles. The SMILES string of the molecule is Cc1ncc(CN(C)c2ccc(C(N)=O)cc2[N+](=O)[O-])s1. The van der Waals surface area contributed by atoms with Gasteiger partial charge in [0.2, 0.25) is 5.91 Å². The first-order valence-corrected chi connectivity index (χ1v) is 6.91. The molecule has 2 rings (SSSR count). The van der Waals surface area contributed by atoms with Crippen LogP contribution in [0.15, 0.2) is 24.4 Å². The molecule has 1 aromatic heterocycles. The van der Waals surface area contributed by atoms with E-state index >= 15 is 0 Å². The fourth-order valence-electron chi connectivity index (χ4n) is 1.94. The number of nitro benzene ring substituents is 1. The molecular formula is C13H14N4O3S. The van der Waals surface area contributed by atoms with Crippen LogP contribution in [0.4, 0.5) is 11.4 Å². The maximum absolute atomic E-state index is 11.2. The number of anilines is 1. The first-order chi connectivity index (χ1) is 9.88. The highest BCUT2D eigenvalue weighted by Crippen LogP contribution is 2.30. The molecule has 0 aliphatic rings. The van der Waals surface area contributed by atoms with Crippen LogP contribution in [0.3, 0.4) is 0 Å². The average Bonchev–Trinajstić information content (AvgIpc) is 2.83. The van der Waals surface area contributed by atoms with E-state index in [1.807, 2.05) is 6.92 Å². The predicted octanol–water partition coefficient (Wildman–Crippen LogP) is 2.10. The van der Waals surface area contributed by atoms with E-state index in [-0.39, 0.29) is 11.3 Å². The van der Waals surface area contributed by atoms with Crippen LogP contribution in [0, 0.1) is 17.0 Å². The minimum Gasteiger partial charge on any atom is -0.366 e. The summed E-state index contributed by atoms with van der Waals surface area (Å²) < 4.78 is 0. The zero-order chi connectivity index (χ0) is 15.6. The molecule has 1 aromatic carbocycles. The van der Waals surface area contributed by atoms with Crippen LogP contribution in [-0.2, 0) is 6.54 Å². The first kappa shape index (κ1) is 14.9. The van der Waals surface area contributed by atoms with E-state index < -0.39 is 10.8 Å². The molecular weight excluding hydrogens is 292 g/mol. The highest BCUT2D eigenvalue weighted by atomic mass is 32.1. The van der Waals surface area contributed by atoms with Crippen molar-refractivity contribution < 1.29 is 9.72 Å². The van der Waals surface area contributed by atoms with Crippen molar-refractivity contribution in [1.82, 2.24) is 4.98 Å². The Labute approximate surface area is 125 Å². The van der Waals surface area contributed by atoms with Gasteiger partial charge < -0.3 is 10.6 Å². The molecule has 2 aromatic rings. The summed E-state index contributed by atoms with van der Waals surface area (Å²) in [6.45, 7) is 2.40. The molecule has 1 heterocycles. The topological polar surface area (TPSA) is 102 Å². The summed E-state index contributed by atoms with van der Waals surface area (Å²) in [5.41, 5.74) is 5.56. The Morgan fingerprint density at radius 2 is 2.24 bits per heavy atom. The van der Waals surface area contributed by atoms with Crippen LogP contribution >= 0.6 is 11.3 Å². The molecule has 0 atom stereocenters. The normalized spacial score (nSPS) is 10.4. The van der Waals surface area contributed by atoms with E-state index in [0.717, 1.165) is 9.88 Å². The number of nitro groups is 1. The molecule has 1 amide bonds. The number of thiazole rings is 1. The van der Waals surface area contributed by atoms with E-state index in [2.05, 4.69) is 4.98 Å². The third-order valence-electron chi connectivity index (χ3n) is 2.93. The van der Waals surface area contributed by atoms with Gasteiger partial charge in [0.05, 0.1) is 16.5 Å². The number of nitrogens with two attached hydrogens (primary N) is 1. The van der Waals surface area contributed by atoms with Crippen LogP contribution in [0.1, 0.15) is 20.2 Å². The summed E-state index contributed by atoms with van der Waals surface area (Å²) >= 11 is 1.54. The van der Waals surface area contributed by atoms with Crippen LogP contribution in [0.2, 0.25) is 0 Å². The molecule has 0 radical (unpaired) electrons. The van der Waals surface area contributed by atoms with Crippen LogP contribution in [0.5, 0.6) is 0 Å². The van der Waals surface area contributed by atoms with Crippen molar-refractivity contribution in [1.29, 1.82) is 0 Å². The standard InChI is InChI=1S/C13H14N4O3S/c1-8-15-6-10(21-8)7-16(2)11-4-3-9(13(14)18)5-12(11)17(19)20/h3-6H,7H2,1-2H3,(H2,14,18). The smallest absolute Gasteiger partial charge is 0.293 e. The molecule has 0 saturated carbocycles. The molecule has 110 valence electrons. The van der Waals surface area contributed by atoms with E-state index in [1.165, 1.54) is 29.5 Å². The van der Waals surface area contributed by atoms with E-state index in [4.69, 9.17) is 5.73 Å². The number of nitrogens with zero attached hydrogens (tertiary/aromatic N) is 3. The van der Waals surface area contributed by atoms with Crippen LogP contribution < -0.4 is 10.6 Å². The highest BCUT2D eigenvalue weighted by molar-refractivity contribution is 7.11. The molecule has 0 fully saturated rings. The maximum atomic E-state index is 11.2. The zero-order valence-electron chi connectivity index (χ0n) is 11.6. The summed E-state index contributed by atoms with van der Waals surface area (Å²) in [5.74, 6) is -0.689. The van der Waals surface area contributed by atoms with Gasteiger partial charge in [0.1, 0.15) is 5.69 Å². The van der Waals surface area contributed by atoms with Gasteiger partial charge in [-0.3, -0.25) is 14.9 Å². The number of hydrogen-bond donors (Lipinski definition) is 1. The van der Waals surface area contributed by atoms with Gasteiger partial charge in [-0.1, -0.05) is 0 Å². The zero-order valence-corrected chi connectivity index (χ0v) is 12.4. The molecule has 0 unspecified atom stereocenters. The van der Waals surface area contributed by atoms with Gasteiger partial charge in [-0.2, -0.15) is 0 Å². The average molecular weight is 306 g/mol. The molecule has 0 bridgehead atoms. The number of primary amides is 1. The summed E-state index contributed by atoms with van der Waals surface area (Å²) in [5, 5.41) is 12.1. The van der Waals surface area contributed by atoms with E-state index in [0.29, 0.717) is 12.2 Å². The molecule has 8 heteroatoms. The Morgan fingerprint density at radius 1 is 1.52 bits per heavy atom. The second-order valence-electron chi connectivity index (χ2n) is 4.53. The van der Waals surface area contributed by atoms with Crippen molar-refractivity contribution >= 4 is 28.6 Å². The summed E-state index contributed by atoms with van der Waals surface area (Å²) in [6, 6.07) is 4.22. The molecule has 0 spiro atoms. The number of rotatable bonds is 5. The monoisotopic (exact) mass is 306 g/mol. The second-order valence-corrected chi connectivity index (χ2v) is 5.85. The molecule has 7 nitrogen and oxygen atoms in total. The second kappa shape index (κ2) is 5.88. The summed E-state index contributed by atoms with van der Waals surface area (Å²) in [6.07, 6.45) is 1.75. The third-order valence-corrected chi connectivity index (χ3v) is 3.83. The van der Waals surface area contributed by atoms with Gasteiger partial charge in [0, 0.05) is 29.8 Å². The van der Waals surface area contributed by atoms with Crippen LogP contribution in [0.25, 0.3) is 0 Å². The van der Waals surface area contributed by atoms with E-state index in [9.17, 15) is 14.9 Å². The number of hydrogen-bond acceptors (Lipinski definition) is 6. The fourth-order valence-corrected chi connectivity index (χ4v) is 2.79. The van der Waals surface area contributed by atoms with Gasteiger partial charge in [0.15, 0.2) is 0 Å². The van der Waals surface area contributed by atoms with Gasteiger partial charge >= 0.3 is 0 Å². The van der Waals surface area contributed by atoms with Crippen LogP contribution in [-0.4, -0.2) is 22.9 Å². The molecule has 0 aliphatic carbocycles. The van der Waals surface area contributed by atoms with Crippen molar-refractivity contribution in [3.63, 3.8) is 0 Å². The number of aryl methyl sites for hydroxylation is 1. The highest BCUT2D eigenvalue weighted by Gasteiger charge is 2.19. The Morgan fingerprint density at radius 3 is 2.76 bits per heavy atom. The fraction of sp³-hybridized carbons (Fsp3) is 0.231. The van der Waals surface area contributed by atoms with Crippen molar-refractivity contribution in [2.45, 2.75) is 13.5 Å². The molecule has 0 saturated heterocycles. The Hall–Kier alpha value is -2.48. The Kier molecular flexibility index (Phi) is 4.18. The number of amides is 1. The van der Waals surface area contributed by atoms with Crippen molar-refractivity contribution in [2.75, 3.05) is 11.9 Å². The Balaban J connectivity index is 2.33. The largest absolute Gasteiger partial charge is 0.366 e. The van der Waals surface area contributed by atoms with Crippen molar-refractivity contribution in [3.8, 4) is 0 Å².